The van der Waals surface area contributed by atoms with E-state index in [1.54, 1.807) is 6.20 Å². The van der Waals surface area contributed by atoms with E-state index in [0.29, 0.717) is 25.5 Å². The maximum Gasteiger partial charge on any atom is 0.123 e. The summed E-state index contributed by atoms with van der Waals surface area (Å²) in [5.41, 5.74) is 6.58. The monoisotopic (exact) mass is 340 g/mol. The molecule has 0 aliphatic rings. The summed E-state index contributed by atoms with van der Waals surface area (Å²) in [5.74, 6) is 0.522. The number of hydrogen-bond donors (Lipinski definition) is 1. The Morgan fingerprint density at radius 3 is 3.13 bits per heavy atom. The van der Waals surface area contributed by atoms with Crippen LogP contribution in [-0.2, 0) is 15.9 Å². The Bertz CT molecular complexity index is 301. The second-order valence-corrected chi connectivity index (χ2v) is 4.82. The molecule has 0 aliphatic heterocycles. The zero-order chi connectivity index (χ0) is 11.1. The molecule has 0 saturated heterocycles. The second kappa shape index (κ2) is 7.33. The Kier molecular flexibility index (Phi) is 6.40. The minimum Gasteiger partial charge on any atom is -0.384 e. The van der Waals surface area contributed by atoms with Gasteiger partial charge in [0.1, 0.15) is 5.82 Å². The molecule has 0 aliphatic carbocycles. The van der Waals surface area contributed by atoms with Gasteiger partial charge in [-0.15, -0.1) is 0 Å². The van der Waals surface area contributed by atoms with Gasteiger partial charge in [-0.1, -0.05) is 0 Å². The largest absolute Gasteiger partial charge is 0.384 e. The van der Waals surface area contributed by atoms with Gasteiger partial charge in [0.05, 0.1) is 25.8 Å². The molecule has 1 heterocycles. The van der Waals surface area contributed by atoms with Gasteiger partial charge in [0.25, 0.3) is 0 Å². The average Bonchev–Trinajstić information content (AvgIpc) is 2.18. The quantitative estimate of drug-likeness (QED) is 0.639. The number of anilines is 1. The van der Waals surface area contributed by atoms with Gasteiger partial charge in [0.15, 0.2) is 0 Å². The fraction of sp³-hybridized carbons (Fsp3) is 0.444. The summed E-state index contributed by atoms with van der Waals surface area (Å²) in [7, 11) is 0. The van der Waals surface area contributed by atoms with Crippen molar-refractivity contribution in [2.24, 2.45) is 0 Å². The Hall–Kier alpha value is 0.0300. The lowest BCUT2D eigenvalue weighted by Crippen LogP contribution is -2.11. The number of nitrogens with zero attached hydrogens (tertiary/aromatic N) is 1. The lowest BCUT2D eigenvalue weighted by Gasteiger charge is -2.11. The van der Waals surface area contributed by atoms with Gasteiger partial charge in [0, 0.05) is 6.20 Å². The SMILES string of the molecule is CC(COCc1ccnc(N)c1)OPI. The summed E-state index contributed by atoms with van der Waals surface area (Å²) in [6.07, 6.45) is 1.82. The van der Waals surface area contributed by atoms with Gasteiger partial charge in [-0.25, -0.2) is 4.98 Å². The summed E-state index contributed by atoms with van der Waals surface area (Å²) >= 11 is 2.20. The number of nitrogen functional groups attached to an aromatic ring is 1. The van der Waals surface area contributed by atoms with Crippen LogP contribution in [0.2, 0.25) is 0 Å². The molecule has 6 heteroatoms. The van der Waals surface area contributed by atoms with Crippen LogP contribution in [0.25, 0.3) is 0 Å². The first-order valence-electron chi connectivity index (χ1n) is 4.52. The number of nitrogens with two attached hydrogens (primary N) is 1. The number of hydrogen-bond acceptors (Lipinski definition) is 4. The topological polar surface area (TPSA) is 57.4 Å². The predicted molar refractivity (Wildman–Crippen MR) is 71.2 cm³/mol. The molecule has 2 N–H and O–H groups in total. The van der Waals surface area contributed by atoms with Crippen LogP contribution in [0.3, 0.4) is 0 Å². The maximum absolute atomic E-state index is 5.55. The molecular weight excluding hydrogens is 326 g/mol. The fourth-order valence-corrected chi connectivity index (χ4v) is 2.56. The second-order valence-electron chi connectivity index (χ2n) is 3.11. The van der Waals surface area contributed by atoms with Crippen molar-refractivity contribution in [2.45, 2.75) is 19.6 Å². The number of ether oxygens (including phenoxy) is 1. The Balaban J connectivity index is 2.25. The van der Waals surface area contributed by atoms with Crippen molar-refractivity contribution in [3.05, 3.63) is 23.9 Å². The molecule has 15 heavy (non-hydrogen) atoms. The van der Waals surface area contributed by atoms with Crippen LogP contribution in [-0.4, -0.2) is 17.7 Å². The van der Waals surface area contributed by atoms with E-state index in [4.69, 9.17) is 15.0 Å². The fourth-order valence-electron chi connectivity index (χ4n) is 1.04. The molecule has 1 rings (SSSR count). The predicted octanol–water partition coefficient (Wildman–Crippen LogP) is 2.53. The standard InChI is InChI=1S/C9H14IN2O2P/c1-7(14-15-10)5-13-6-8-2-3-12-9(11)4-8/h2-4,7,15H,5-6H2,1H3,(H2,11,12). The van der Waals surface area contributed by atoms with E-state index in [9.17, 15) is 0 Å². The molecule has 2 atom stereocenters. The van der Waals surface area contributed by atoms with Crippen LogP contribution < -0.4 is 5.73 Å². The van der Waals surface area contributed by atoms with Crippen molar-refractivity contribution in [1.29, 1.82) is 0 Å². The van der Waals surface area contributed by atoms with Gasteiger partial charge in [-0.3, -0.25) is 0 Å². The van der Waals surface area contributed by atoms with Crippen molar-refractivity contribution in [1.82, 2.24) is 4.98 Å². The highest BCUT2D eigenvalue weighted by Gasteiger charge is 2.01. The highest BCUT2D eigenvalue weighted by molar-refractivity contribution is 14.2. The van der Waals surface area contributed by atoms with Gasteiger partial charge in [-0.05, 0) is 46.7 Å². The third-order valence-electron chi connectivity index (χ3n) is 1.71. The van der Waals surface area contributed by atoms with Gasteiger partial charge >= 0.3 is 0 Å². The molecule has 4 nitrogen and oxygen atoms in total. The van der Waals surface area contributed by atoms with Crippen molar-refractivity contribution in [3.63, 3.8) is 0 Å². The van der Waals surface area contributed by atoms with E-state index in [1.807, 2.05) is 19.1 Å². The first kappa shape index (κ1) is 13.1. The van der Waals surface area contributed by atoms with Crippen LogP contribution in [0.15, 0.2) is 18.3 Å². The lowest BCUT2D eigenvalue weighted by atomic mass is 10.3. The van der Waals surface area contributed by atoms with Crippen molar-refractivity contribution in [3.8, 4) is 0 Å². The third kappa shape index (κ3) is 5.61. The van der Waals surface area contributed by atoms with E-state index in [1.165, 1.54) is 0 Å². The first-order valence-corrected chi connectivity index (χ1v) is 8.54. The lowest BCUT2D eigenvalue weighted by molar-refractivity contribution is 0.0574. The molecule has 0 aromatic carbocycles. The molecule has 0 fully saturated rings. The molecule has 0 bridgehead atoms. The summed E-state index contributed by atoms with van der Waals surface area (Å²) in [4.78, 5) is 3.91. The molecule has 0 amide bonds. The maximum atomic E-state index is 5.55. The minimum absolute atomic E-state index is 0.138. The van der Waals surface area contributed by atoms with E-state index in [2.05, 4.69) is 27.0 Å². The van der Waals surface area contributed by atoms with E-state index in [-0.39, 0.29) is 6.10 Å². The molecule has 0 spiro atoms. The smallest absolute Gasteiger partial charge is 0.123 e. The van der Waals surface area contributed by atoms with Crippen molar-refractivity contribution >= 4 is 34.3 Å². The molecule has 0 radical (unpaired) electrons. The molecule has 84 valence electrons. The van der Waals surface area contributed by atoms with E-state index >= 15 is 0 Å². The van der Waals surface area contributed by atoms with Gasteiger partial charge < -0.3 is 15.0 Å². The summed E-state index contributed by atoms with van der Waals surface area (Å²) < 4.78 is 10.8. The number of rotatable bonds is 6. The summed E-state index contributed by atoms with van der Waals surface area (Å²) in [6, 6.07) is 3.70. The van der Waals surface area contributed by atoms with Crippen LogP contribution in [0.4, 0.5) is 5.82 Å². The normalized spacial score (nSPS) is 13.5. The van der Waals surface area contributed by atoms with Crippen LogP contribution >= 0.6 is 28.5 Å². The van der Waals surface area contributed by atoms with Crippen LogP contribution in [0, 0.1) is 0 Å². The zero-order valence-corrected chi connectivity index (χ0v) is 11.6. The molecule has 2 unspecified atom stereocenters. The summed E-state index contributed by atoms with van der Waals surface area (Å²) in [6.45, 7) is 3.61. The highest BCUT2D eigenvalue weighted by atomic mass is 127. The van der Waals surface area contributed by atoms with Crippen molar-refractivity contribution in [2.75, 3.05) is 12.3 Å². The van der Waals surface area contributed by atoms with Crippen LogP contribution in [0.1, 0.15) is 12.5 Å². The Morgan fingerprint density at radius 2 is 2.47 bits per heavy atom. The number of aromatic nitrogens is 1. The highest BCUT2D eigenvalue weighted by Crippen LogP contribution is 2.24. The van der Waals surface area contributed by atoms with Crippen LogP contribution in [0.5, 0.6) is 0 Å². The summed E-state index contributed by atoms with van der Waals surface area (Å²) in [5, 5.41) is 0. The molecular formula is C9H14IN2O2P. The number of halogens is 1. The molecule has 0 saturated carbocycles. The third-order valence-corrected chi connectivity index (χ3v) is 2.97. The number of pyridine rings is 1. The Labute approximate surface area is 104 Å². The van der Waals surface area contributed by atoms with E-state index < -0.39 is 0 Å². The van der Waals surface area contributed by atoms with Gasteiger partial charge in [0.2, 0.25) is 0 Å². The van der Waals surface area contributed by atoms with Gasteiger partial charge in [-0.2, -0.15) is 0 Å². The molecule has 1 aromatic heterocycles. The first-order chi connectivity index (χ1) is 7.22. The average molecular weight is 340 g/mol. The van der Waals surface area contributed by atoms with Crippen molar-refractivity contribution < 1.29 is 9.26 Å². The molecule has 1 aromatic rings. The Morgan fingerprint density at radius 1 is 1.67 bits per heavy atom. The zero-order valence-electron chi connectivity index (χ0n) is 8.44. The minimum atomic E-state index is 0.138. The van der Waals surface area contributed by atoms with E-state index in [0.717, 1.165) is 5.56 Å².